The molecule has 1 amide bonds. The molecule has 2 rings (SSSR count). The van der Waals surface area contributed by atoms with Crippen molar-refractivity contribution >= 4 is 28.8 Å². The zero-order valence-corrected chi connectivity index (χ0v) is 12.1. The third-order valence-corrected chi connectivity index (χ3v) is 3.78. The number of nitrogens with one attached hydrogen (secondary N) is 1. The van der Waals surface area contributed by atoms with Crippen LogP contribution in [0.4, 0.5) is 13.2 Å². The standard InChI is InChI=1S/C13H10ClF3N2OS/c14-12-19-10(13(15,16)17)9(21-12)11(20)18-7-6-8-4-2-1-3-5-8/h1-5H,6-7H2,(H,18,20). The molecule has 21 heavy (non-hydrogen) atoms. The smallest absolute Gasteiger partial charge is 0.351 e. The zero-order valence-electron chi connectivity index (χ0n) is 10.6. The maximum absolute atomic E-state index is 12.7. The number of hydrogen-bond acceptors (Lipinski definition) is 3. The Bertz CT molecular complexity index is 628. The molecule has 2 aromatic rings. The van der Waals surface area contributed by atoms with Crippen molar-refractivity contribution in [2.45, 2.75) is 12.6 Å². The normalized spacial score (nSPS) is 11.4. The Balaban J connectivity index is 2.01. The highest BCUT2D eigenvalue weighted by molar-refractivity contribution is 7.17. The number of aromatic nitrogens is 1. The van der Waals surface area contributed by atoms with Crippen LogP contribution < -0.4 is 5.32 Å². The summed E-state index contributed by atoms with van der Waals surface area (Å²) < 4.78 is 37.8. The average Bonchev–Trinajstić information content (AvgIpc) is 2.82. The molecular weight excluding hydrogens is 325 g/mol. The van der Waals surface area contributed by atoms with Gasteiger partial charge in [-0.05, 0) is 12.0 Å². The van der Waals surface area contributed by atoms with Crippen molar-refractivity contribution in [1.29, 1.82) is 0 Å². The predicted octanol–water partition coefficient (Wildman–Crippen LogP) is 3.79. The van der Waals surface area contributed by atoms with Crippen molar-refractivity contribution < 1.29 is 18.0 Å². The van der Waals surface area contributed by atoms with Crippen LogP contribution >= 0.6 is 22.9 Å². The van der Waals surface area contributed by atoms with Crippen LogP contribution in [0.1, 0.15) is 20.9 Å². The third kappa shape index (κ3) is 4.18. The summed E-state index contributed by atoms with van der Waals surface area (Å²) in [6.45, 7) is 0.232. The van der Waals surface area contributed by atoms with E-state index < -0.39 is 22.7 Å². The van der Waals surface area contributed by atoms with E-state index >= 15 is 0 Å². The first-order chi connectivity index (χ1) is 9.88. The van der Waals surface area contributed by atoms with Crippen molar-refractivity contribution in [3.63, 3.8) is 0 Å². The molecule has 0 aliphatic carbocycles. The van der Waals surface area contributed by atoms with E-state index in [0.29, 0.717) is 17.8 Å². The lowest BCUT2D eigenvalue weighted by atomic mass is 10.1. The van der Waals surface area contributed by atoms with E-state index in [4.69, 9.17) is 11.6 Å². The molecule has 1 aromatic heterocycles. The van der Waals surface area contributed by atoms with Crippen LogP contribution in [0.2, 0.25) is 4.47 Å². The van der Waals surface area contributed by atoms with Gasteiger partial charge in [-0.25, -0.2) is 4.98 Å². The van der Waals surface area contributed by atoms with Gasteiger partial charge < -0.3 is 5.32 Å². The van der Waals surface area contributed by atoms with Gasteiger partial charge in [-0.1, -0.05) is 53.3 Å². The summed E-state index contributed by atoms with van der Waals surface area (Å²) in [5.74, 6) is -0.817. The van der Waals surface area contributed by atoms with E-state index in [-0.39, 0.29) is 11.0 Å². The van der Waals surface area contributed by atoms with Gasteiger partial charge in [0.05, 0.1) is 0 Å². The van der Waals surface area contributed by atoms with Crippen LogP contribution in [0.15, 0.2) is 30.3 Å². The Hall–Kier alpha value is -1.60. The molecule has 8 heteroatoms. The molecule has 3 nitrogen and oxygen atoms in total. The Morgan fingerprint density at radius 2 is 1.95 bits per heavy atom. The minimum absolute atomic E-state index is 0.232. The maximum Gasteiger partial charge on any atom is 0.435 e. The van der Waals surface area contributed by atoms with E-state index in [9.17, 15) is 18.0 Å². The monoisotopic (exact) mass is 334 g/mol. The molecule has 1 N–H and O–H groups in total. The lowest BCUT2D eigenvalue weighted by molar-refractivity contribution is -0.141. The second-order valence-electron chi connectivity index (χ2n) is 4.13. The van der Waals surface area contributed by atoms with Crippen molar-refractivity contribution in [3.05, 3.63) is 50.9 Å². The van der Waals surface area contributed by atoms with Crippen LogP contribution in [0.3, 0.4) is 0 Å². The molecule has 112 valence electrons. The molecule has 0 fully saturated rings. The van der Waals surface area contributed by atoms with Crippen LogP contribution in [-0.2, 0) is 12.6 Å². The molecule has 0 aliphatic heterocycles. The van der Waals surface area contributed by atoms with Crippen molar-refractivity contribution in [2.75, 3.05) is 6.54 Å². The molecule has 0 aliphatic rings. The quantitative estimate of drug-likeness (QED) is 0.924. The SMILES string of the molecule is O=C(NCCc1ccccc1)c1sc(Cl)nc1C(F)(F)F. The van der Waals surface area contributed by atoms with E-state index in [1.807, 2.05) is 30.3 Å². The van der Waals surface area contributed by atoms with Crippen molar-refractivity contribution in [2.24, 2.45) is 0 Å². The largest absolute Gasteiger partial charge is 0.435 e. The Morgan fingerprint density at radius 1 is 1.29 bits per heavy atom. The Morgan fingerprint density at radius 3 is 2.57 bits per heavy atom. The number of halogens is 4. The molecule has 0 saturated carbocycles. The van der Waals surface area contributed by atoms with Gasteiger partial charge in [-0.15, -0.1) is 0 Å². The number of amides is 1. The summed E-state index contributed by atoms with van der Waals surface area (Å²) in [6.07, 6.45) is -4.17. The van der Waals surface area contributed by atoms with E-state index in [1.54, 1.807) is 0 Å². The summed E-state index contributed by atoms with van der Waals surface area (Å²) >= 11 is 5.99. The molecule has 1 aromatic carbocycles. The fraction of sp³-hybridized carbons (Fsp3) is 0.231. The molecule has 0 radical (unpaired) electrons. The minimum atomic E-state index is -4.70. The summed E-state index contributed by atoms with van der Waals surface area (Å²) in [5.41, 5.74) is -0.258. The maximum atomic E-state index is 12.7. The topological polar surface area (TPSA) is 42.0 Å². The average molecular weight is 335 g/mol. The second kappa shape index (κ2) is 6.44. The van der Waals surface area contributed by atoms with Gasteiger partial charge in [0.2, 0.25) is 0 Å². The van der Waals surface area contributed by atoms with Crippen molar-refractivity contribution in [1.82, 2.24) is 10.3 Å². The van der Waals surface area contributed by atoms with Crippen molar-refractivity contribution in [3.8, 4) is 0 Å². The summed E-state index contributed by atoms with van der Waals surface area (Å²) in [5, 5.41) is 2.45. The predicted molar refractivity (Wildman–Crippen MR) is 74.6 cm³/mol. The number of benzene rings is 1. The molecule has 0 bridgehead atoms. The number of nitrogens with zero attached hydrogens (tertiary/aromatic N) is 1. The van der Waals surface area contributed by atoms with Gasteiger partial charge in [0.15, 0.2) is 10.2 Å². The first kappa shape index (κ1) is 15.8. The Kier molecular flexibility index (Phi) is 4.84. The molecule has 0 saturated heterocycles. The van der Waals surface area contributed by atoms with Crippen LogP contribution in [0.25, 0.3) is 0 Å². The van der Waals surface area contributed by atoms with Gasteiger partial charge in [0.25, 0.3) is 5.91 Å². The summed E-state index contributed by atoms with van der Waals surface area (Å²) in [7, 11) is 0. The zero-order chi connectivity index (χ0) is 15.5. The Labute approximate surface area is 127 Å². The number of carbonyl (C=O) groups is 1. The van der Waals surface area contributed by atoms with E-state index in [1.165, 1.54) is 0 Å². The number of thiazole rings is 1. The fourth-order valence-corrected chi connectivity index (χ4v) is 2.73. The van der Waals surface area contributed by atoms with Gasteiger partial charge in [-0.3, -0.25) is 4.79 Å². The highest BCUT2D eigenvalue weighted by atomic mass is 35.5. The van der Waals surface area contributed by atoms with Gasteiger partial charge >= 0.3 is 6.18 Å². The van der Waals surface area contributed by atoms with Crippen LogP contribution in [-0.4, -0.2) is 17.4 Å². The van der Waals surface area contributed by atoms with Gasteiger partial charge in [0, 0.05) is 6.54 Å². The lowest BCUT2D eigenvalue weighted by Crippen LogP contribution is -2.27. The van der Waals surface area contributed by atoms with E-state index in [2.05, 4.69) is 10.3 Å². The first-order valence-corrected chi connectivity index (χ1v) is 7.13. The molecular formula is C13H10ClF3N2OS. The second-order valence-corrected chi connectivity index (χ2v) is 5.71. The first-order valence-electron chi connectivity index (χ1n) is 5.93. The number of carbonyl (C=O) groups excluding carboxylic acids is 1. The highest BCUT2D eigenvalue weighted by Gasteiger charge is 2.39. The van der Waals surface area contributed by atoms with Gasteiger partial charge in [0.1, 0.15) is 4.88 Å². The molecule has 0 spiro atoms. The van der Waals surface area contributed by atoms with Gasteiger partial charge in [-0.2, -0.15) is 13.2 Å². The highest BCUT2D eigenvalue weighted by Crippen LogP contribution is 2.35. The number of alkyl halides is 3. The molecule has 1 heterocycles. The molecule has 0 atom stereocenters. The number of hydrogen-bond donors (Lipinski definition) is 1. The van der Waals surface area contributed by atoms with E-state index in [0.717, 1.165) is 5.56 Å². The lowest BCUT2D eigenvalue weighted by Gasteiger charge is -2.07. The van der Waals surface area contributed by atoms with Crippen LogP contribution in [0.5, 0.6) is 0 Å². The minimum Gasteiger partial charge on any atom is -0.351 e. The fourth-order valence-electron chi connectivity index (χ4n) is 1.69. The summed E-state index contributed by atoms with van der Waals surface area (Å²) in [4.78, 5) is 14.5. The van der Waals surface area contributed by atoms with Crippen LogP contribution in [0, 0.1) is 0 Å². The number of rotatable bonds is 4. The molecule has 0 unspecified atom stereocenters. The summed E-state index contributed by atoms with van der Waals surface area (Å²) in [6, 6.07) is 9.30. The third-order valence-electron chi connectivity index (χ3n) is 2.62.